The Balaban J connectivity index is 2.25. The number of rotatable bonds is 4. The van der Waals surface area contributed by atoms with Crippen LogP contribution < -0.4 is 16.8 Å². The van der Waals surface area contributed by atoms with Crippen molar-refractivity contribution < 1.29 is 4.79 Å². The van der Waals surface area contributed by atoms with Crippen LogP contribution in [0.1, 0.15) is 20.8 Å². The van der Waals surface area contributed by atoms with Crippen LogP contribution in [0.3, 0.4) is 0 Å². The fraction of sp³-hybridized carbons (Fsp3) is 0.100. The normalized spacial score (nSPS) is 9.94. The fourth-order valence-corrected chi connectivity index (χ4v) is 2.34. The average molecular weight is 262 g/mol. The Morgan fingerprint density at radius 1 is 1.67 bits per heavy atom. The molecule has 0 aliphatic heterocycles. The molecule has 0 saturated heterocycles. The molecular weight excluding hydrogens is 252 g/mol. The van der Waals surface area contributed by atoms with Crippen LogP contribution in [0.25, 0.3) is 0 Å². The van der Waals surface area contributed by atoms with Crippen molar-refractivity contribution in [3.63, 3.8) is 0 Å². The molecule has 2 aromatic heterocycles. The Morgan fingerprint density at radius 2 is 2.44 bits per heavy atom. The summed E-state index contributed by atoms with van der Waals surface area (Å²) in [7, 11) is 0. The first-order valence-electron chi connectivity index (χ1n) is 4.97. The van der Waals surface area contributed by atoms with Gasteiger partial charge in [-0.25, -0.2) is 0 Å². The number of carbonyl (C=O) groups is 1. The number of hydrogen-bond donors (Lipinski definition) is 4. The molecule has 0 unspecified atom stereocenters. The standard InChI is InChI=1S/C10H10N6OS/c11-1-6-7(12)8(9(13)17)18-10(6)14-2-5-3-15-16-4-5/h3-4,14H,2,12H2,(H2,13,17)(H,15,16). The summed E-state index contributed by atoms with van der Waals surface area (Å²) in [6.07, 6.45) is 3.38. The molecule has 1 amide bonds. The summed E-state index contributed by atoms with van der Waals surface area (Å²) in [6.45, 7) is 0.476. The maximum atomic E-state index is 11.1. The summed E-state index contributed by atoms with van der Waals surface area (Å²) in [4.78, 5) is 11.3. The van der Waals surface area contributed by atoms with Crippen molar-refractivity contribution in [3.05, 3.63) is 28.4 Å². The number of aromatic nitrogens is 2. The number of amides is 1. The molecular formula is C10H10N6OS. The third kappa shape index (κ3) is 2.11. The summed E-state index contributed by atoms with van der Waals surface area (Å²) in [5.74, 6) is -0.634. The molecule has 0 aliphatic carbocycles. The minimum Gasteiger partial charge on any atom is -0.396 e. The van der Waals surface area contributed by atoms with Gasteiger partial charge in [-0.15, -0.1) is 11.3 Å². The highest BCUT2D eigenvalue weighted by Crippen LogP contribution is 2.34. The maximum absolute atomic E-state index is 11.1. The van der Waals surface area contributed by atoms with E-state index in [1.807, 2.05) is 6.07 Å². The van der Waals surface area contributed by atoms with E-state index in [0.717, 1.165) is 16.9 Å². The van der Waals surface area contributed by atoms with E-state index in [4.69, 9.17) is 16.7 Å². The highest BCUT2D eigenvalue weighted by atomic mass is 32.1. The van der Waals surface area contributed by atoms with Crippen LogP contribution in [-0.4, -0.2) is 16.1 Å². The van der Waals surface area contributed by atoms with E-state index >= 15 is 0 Å². The van der Waals surface area contributed by atoms with E-state index in [1.54, 1.807) is 12.4 Å². The lowest BCUT2D eigenvalue weighted by Gasteiger charge is -2.01. The second-order valence-corrected chi connectivity index (χ2v) is 4.51. The predicted molar refractivity (Wildman–Crippen MR) is 67.9 cm³/mol. The van der Waals surface area contributed by atoms with Crippen LogP contribution in [0, 0.1) is 11.3 Å². The molecule has 7 nitrogen and oxygen atoms in total. The van der Waals surface area contributed by atoms with Gasteiger partial charge in [0.15, 0.2) is 0 Å². The molecule has 0 aliphatic rings. The van der Waals surface area contributed by atoms with Gasteiger partial charge in [0.05, 0.1) is 11.9 Å². The molecule has 0 bridgehead atoms. The SMILES string of the molecule is N#Cc1c(NCc2cn[nH]c2)sc(C(N)=O)c1N. The van der Waals surface area contributed by atoms with Crippen LogP contribution in [-0.2, 0) is 6.54 Å². The van der Waals surface area contributed by atoms with Crippen molar-refractivity contribution in [2.45, 2.75) is 6.54 Å². The smallest absolute Gasteiger partial charge is 0.261 e. The first kappa shape index (κ1) is 11.9. The lowest BCUT2D eigenvalue weighted by Crippen LogP contribution is -2.10. The first-order valence-corrected chi connectivity index (χ1v) is 5.78. The van der Waals surface area contributed by atoms with Gasteiger partial charge >= 0.3 is 0 Å². The van der Waals surface area contributed by atoms with Gasteiger partial charge in [-0.2, -0.15) is 10.4 Å². The number of thiophene rings is 1. The number of carbonyl (C=O) groups excluding carboxylic acids is 1. The third-order valence-electron chi connectivity index (χ3n) is 2.29. The Bertz CT molecular complexity index is 609. The molecule has 0 fully saturated rings. The van der Waals surface area contributed by atoms with Crippen LogP contribution >= 0.6 is 11.3 Å². The molecule has 92 valence electrons. The van der Waals surface area contributed by atoms with Crippen molar-refractivity contribution >= 4 is 27.9 Å². The predicted octanol–water partition coefficient (Wildman–Crippen LogP) is 0.636. The minimum atomic E-state index is -0.634. The van der Waals surface area contributed by atoms with Crippen molar-refractivity contribution in [3.8, 4) is 6.07 Å². The van der Waals surface area contributed by atoms with Gasteiger partial charge in [-0.1, -0.05) is 0 Å². The minimum absolute atomic E-state index is 0.129. The molecule has 2 aromatic rings. The van der Waals surface area contributed by atoms with Crippen molar-refractivity contribution in [2.24, 2.45) is 5.73 Å². The van der Waals surface area contributed by atoms with Crippen molar-refractivity contribution in [1.29, 1.82) is 5.26 Å². The Morgan fingerprint density at radius 3 is 3.00 bits per heavy atom. The zero-order valence-corrected chi connectivity index (χ0v) is 10.0. The number of nitriles is 1. The molecule has 0 aromatic carbocycles. The maximum Gasteiger partial charge on any atom is 0.261 e. The van der Waals surface area contributed by atoms with E-state index < -0.39 is 5.91 Å². The number of H-pyrrole nitrogens is 1. The van der Waals surface area contributed by atoms with Crippen molar-refractivity contribution in [2.75, 3.05) is 11.1 Å². The molecule has 2 rings (SSSR count). The third-order valence-corrected chi connectivity index (χ3v) is 3.47. The molecule has 18 heavy (non-hydrogen) atoms. The summed E-state index contributed by atoms with van der Waals surface area (Å²) in [5.41, 5.74) is 12.2. The van der Waals surface area contributed by atoms with E-state index in [0.29, 0.717) is 11.5 Å². The average Bonchev–Trinajstić information content (AvgIpc) is 2.93. The van der Waals surface area contributed by atoms with E-state index in [1.165, 1.54) is 0 Å². The largest absolute Gasteiger partial charge is 0.396 e. The Hall–Kier alpha value is -2.53. The second-order valence-electron chi connectivity index (χ2n) is 3.49. The van der Waals surface area contributed by atoms with Crippen LogP contribution in [0.5, 0.6) is 0 Å². The number of nitrogens with one attached hydrogen (secondary N) is 2. The van der Waals surface area contributed by atoms with Gasteiger partial charge < -0.3 is 16.8 Å². The van der Waals surface area contributed by atoms with Gasteiger partial charge in [-0.3, -0.25) is 9.89 Å². The molecule has 8 heteroatoms. The van der Waals surface area contributed by atoms with Crippen LogP contribution in [0.15, 0.2) is 12.4 Å². The summed E-state index contributed by atoms with van der Waals surface area (Å²) >= 11 is 1.08. The molecule has 0 radical (unpaired) electrons. The second kappa shape index (κ2) is 4.77. The van der Waals surface area contributed by atoms with Gasteiger partial charge in [-0.05, 0) is 0 Å². The highest BCUT2D eigenvalue weighted by molar-refractivity contribution is 7.18. The van der Waals surface area contributed by atoms with E-state index in [9.17, 15) is 4.79 Å². The summed E-state index contributed by atoms with van der Waals surface area (Å²) in [6, 6.07) is 1.96. The van der Waals surface area contributed by atoms with Crippen molar-refractivity contribution in [1.82, 2.24) is 10.2 Å². The molecule has 2 heterocycles. The van der Waals surface area contributed by atoms with Gasteiger partial charge in [0.2, 0.25) is 0 Å². The summed E-state index contributed by atoms with van der Waals surface area (Å²) < 4.78 is 0. The zero-order valence-electron chi connectivity index (χ0n) is 9.23. The number of nitrogen functional groups attached to an aromatic ring is 1. The Labute approximate surface area is 106 Å². The quantitative estimate of drug-likeness (QED) is 0.641. The number of nitrogens with two attached hydrogens (primary N) is 2. The zero-order chi connectivity index (χ0) is 13.1. The molecule has 0 saturated carbocycles. The lowest BCUT2D eigenvalue weighted by molar-refractivity contribution is 0.100. The highest BCUT2D eigenvalue weighted by Gasteiger charge is 2.18. The van der Waals surface area contributed by atoms with E-state index in [-0.39, 0.29) is 16.1 Å². The summed E-state index contributed by atoms with van der Waals surface area (Å²) in [5, 5.41) is 19.1. The number of nitrogens with zero attached hydrogens (tertiary/aromatic N) is 2. The monoisotopic (exact) mass is 262 g/mol. The molecule has 0 atom stereocenters. The Kier molecular flexibility index (Phi) is 3.16. The van der Waals surface area contributed by atoms with E-state index in [2.05, 4.69) is 15.5 Å². The van der Waals surface area contributed by atoms with Crippen LogP contribution in [0.2, 0.25) is 0 Å². The van der Waals surface area contributed by atoms with Crippen LogP contribution in [0.4, 0.5) is 10.7 Å². The number of aromatic amines is 1. The first-order chi connectivity index (χ1) is 8.63. The topological polar surface area (TPSA) is 134 Å². The van der Waals surface area contributed by atoms with Gasteiger partial charge in [0.1, 0.15) is 21.5 Å². The lowest BCUT2D eigenvalue weighted by atomic mass is 10.2. The van der Waals surface area contributed by atoms with Gasteiger partial charge in [0.25, 0.3) is 5.91 Å². The number of hydrogen-bond acceptors (Lipinski definition) is 6. The number of anilines is 2. The molecule has 0 spiro atoms. The van der Waals surface area contributed by atoms with Gasteiger partial charge in [0, 0.05) is 18.3 Å². The number of primary amides is 1. The fourth-order valence-electron chi connectivity index (χ4n) is 1.42. The molecule has 6 N–H and O–H groups in total.